The molecule has 14 rings (SSSR count). The van der Waals surface area contributed by atoms with E-state index in [1.54, 1.807) is 0 Å². The minimum absolute atomic E-state index is 0.567. The van der Waals surface area contributed by atoms with Crippen molar-refractivity contribution in [3.8, 4) is 89.8 Å². The van der Waals surface area contributed by atoms with Gasteiger partial charge in [0, 0.05) is 27.5 Å². The van der Waals surface area contributed by atoms with Crippen LogP contribution in [0.5, 0.6) is 0 Å². The van der Waals surface area contributed by atoms with E-state index >= 15 is 0 Å². The molecule has 0 bridgehead atoms. The SMILES string of the molecule is c1ccc(-c2cccc(-c3ccc4c(c3)oc3ccc(-c5nc(-c6ccccc6-c6ccccc6-c6ccccc6)nc(-c6ccccc6C6(c7ccccc7)c7ccccc7-c7ccccc76)n5)cc34)c2)cc1. The zero-order chi connectivity index (χ0) is 49.0. The first-order valence-corrected chi connectivity index (χ1v) is 25.2. The molecule has 0 amide bonds. The van der Waals surface area contributed by atoms with E-state index in [4.69, 9.17) is 19.4 Å². The molecule has 0 spiro atoms. The highest BCUT2D eigenvalue weighted by molar-refractivity contribution is 6.07. The number of rotatable bonds is 9. The van der Waals surface area contributed by atoms with Crippen molar-refractivity contribution in [3.63, 3.8) is 0 Å². The molecule has 346 valence electrons. The van der Waals surface area contributed by atoms with E-state index in [0.29, 0.717) is 17.5 Å². The van der Waals surface area contributed by atoms with Crippen molar-refractivity contribution in [3.05, 3.63) is 295 Å². The monoisotopic (exact) mass is 943 g/mol. The van der Waals surface area contributed by atoms with Gasteiger partial charge in [-0.1, -0.05) is 237 Å². The molecule has 0 atom stereocenters. The van der Waals surface area contributed by atoms with Gasteiger partial charge in [0.05, 0.1) is 5.41 Å². The van der Waals surface area contributed by atoms with Crippen LogP contribution in [0.1, 0.15) is 22.3 Å². The number of benzene rings is 11. The van der Waals surface area contributed by atoms with Crippen LogP contribution in [0.25, 0.3) is 112 Å². The van der Waals surface area contributed by atoms with Crippen LogP contribution < -0.4 is 0 Å². The van der Waals surface area contributed by atoms with Crippen molar-refractivity contribution in [2.45, 2.75) is 5.41 Å². The predicted molar refractivity (Wildman–Crippen MR) is 302 cm³/mol. The molecule has 74 heavy (non-hydrogen) atoms. The number of hydrogen-bond acceptors (Lipinski definition) is 4. The van der Waals surface area contributed by atoms with Crippen LogP contribution in [0.15, 0.2) is 277 Å². The Balaban J connectivity index is 0.980. The Hall–Kier alpha value is -9.77. The highest BCUT2D eigenvalue weighted by Gasteiger charge is 2.47. The number of fused-ring (bicyclic) bond motifs is 6. The number of aromatic nitrogens is 3. The number of nitrogens with zero attached hydrogens (tertiary/aromatic N) is 3. The first-order valence-electron chi connectivity index (χ1n) is 25.2. The van der Waals surface area contributed by atoms with Crippen LogP contribution in [0.4, 0.5) is 0 Å². The van der Waals surface area contributed by atoms with E-state index in [0.717, 1.165) is 77.6 Å². The van der Waals surface area contributed by atoms with Gasteiger partial charge in [0.15, 0.2) is 17.5 Å². The molecule has 4 heteroatoms. The minimum atomic E-state index is -0.680. The van der Waals surface area contributed by atoms with Gasteiger partial charge in [0.25, 0.3) is 0 Å². The molecular formula is C70H45N3O. The molecule has 13 aromatic rings. The van der Waals surface area contributed by atoms with Crippen LogP contribution in [0.3, 0.4) is 0 Å². The van der Waals surface area contributed by atoms with Crippen molar-refractivity contribution < 1.29 is 4.42 Å². The van der Waals surface area contributed by atoms with Gasteiger partial charge in [0.2, 0.25) is 0 Å². The maximum absolute atomic E-state index is 6.65. The molecule has 2 heterocycles. The van der Waals surface area contributed by atoms with Gasteiger partial charge >= 0.3 is 0 Å². The Bertz CT molecular complexity index is 4210. The fourth-order valence-electron chi connectivity index (χ4n) is 11.5. The van der Waals surface area contributed by atoms with E-state index in [-0.39, 0.29) is 0 Å². The van der Waals surface area contributed by atoms with Gasteiger partial charge in [0.1, 0.15) is 11.2 Å². The van der Waals surface area contributed by atoms with Gasteiger partial charge in [-0.15, -0.1) is 0 Å². The Morgan fingerprint density at radius 1 is 0.243 bits per heavy atom. The summed E-state index contributed by atoms with van der Waals surface area (Å²) in [5.41, 5.74) is 19.8. The van der Waals surface area contributed by atoms with Gasteiger partial charge < -0.3 is 4.42 Å². The zero-order valence-electron chi connectivity index (χ0n) is 40.2. The van der Waals surface area contributed by atoms with Crippen molar-refractivity contribution in [2.24, 2.45) is 0 Å². The topological polar surface area (TPSA) is 51.8 Å². The quantitative estimate of drug-likeness (QED) is 0.145. The minimum Gasteiger partial charge on any atom is -0.456 e. The van der Waals surface area contributed by atoms with Crippen LogP contribution in [0.2, 0.25) is 0 Å². The van der Waals surface area contributed by atoms with Crippen LogP contribution >= 0.6 is 0 Å². The highest BCUT2D eigenvalue weighted by Crippen LogP contribution is 2.57. The maximum atomic E-state index is 6.65. The Morgan fingerprint density at radius 3 is 1.35 bits per heavy atom. The summed E-state index contributed by atoms with van der Waals surface area (Å²) in [5, 5.41) is 2.02. The van der Waals surface area contributed by atoms with Crippen LogP contribution in [-0.2, 0) is 5.41 Å². The average molecular weight is 944 g/mol. The molecule has 4 nitrogen and oxygen atoms in total. The van der Waals surface area contributed by atoms with E-state index in [1.807, 2.05) is 0 Å². The average Bonchev–Trinajstić information content (AvgIpc) is 4.01. The molecule has 2 aromatic heterocycles. The molecule has 0 fully saturated rings. The third-order valence-corrected chi connectivity index (χ3v) is 14.9. The van der Waals surface area contributed by atoms with E-state index in [2.05, 4.69) is 273 Å². The van der Waals surface area contributed by atoms with Crippen molar-refractivity contribution in [1.82, 2.24) is 15.0 Å². The summed E-state index contributed by atoms with van der Waals surface area (Å²) in [4.78, 5) is 16.6. The van der Waals surface area contributed by atoms with Crippen molar-refractivity contribution in [1.29, 1.82) is 0 Å². The second-order valence-electron chi connectivity index (χ2n) is 19.0. The summed E-state index contributed by atoms with van der Waals surface area (Å²) in [7, 11) is 0. The molecule has 0 saturated heterocycles. The maximum Gasteiger partial charge on any atom is 0.164 e. The van der Waals surface area contributed by atoms with E-state index < -0.39 is 5.41 Å². The molecule has 0 unspecified atom stereocenters. The summed E-state index contributed by atoms with van der Waals surface area (Å²) < 4.78 is 6.65. The lowest BCUT2D eigenvalue weighted by Crippen LogP contribution is -2.29. The van der Waals surface area contributed by atoms with Gasteiger partial charge in [-0.2, -0.15) is 0 Å². The normalized spacial score (nSPS) is 12.4. The summed E-state index contributed by atoms with van der Waals surface area (Å²) >= 11 is 0. The standard InChI is InChI=1S/C70H45N3O/c1-4-21-46(22-5-1)48-25-20-26-49(43-48)50-39-41-58-61-44-51(40-42-65(61)74-66(58)45-50)67-71-68(59-34-13-12-31-55(59)54-30-11-10-29-53(54)47-23-6-2-7-24-47)73-69(72-67)60-35-16-19-38-64(60)70(52-27-8-3-9-28-52)62-36-17-14-32-56(62)57-33-15-18-37-63(57)70/h1-45H. The molecule has 0 aliphatic heterocycles. The lowest BCUT2D eigenvalue weighted by molar-refractivity contribution is 0.669. The Labute approximate surface area is 429 Å². The van der Waals surface area contributed by atoms with Crippen molar-refractivity contribution in [2.75, 3.05) is 0 Å². The lowest BCUT2D eigenvalue weighted by Gasteiger charge is -2.35. The van der Waals surface area contributed by atoms with Gasteiger partial charge in [-0.25, -0.2) is 15.0 Å². The first kappa shape index (κ1) is 43.1. The third-order valence-electron chi connectivity index (χ3n) is 14.9. The molecule has 1 aliphatic rings. The smallest absolute Gasteiger partial charge is 0.164 e. The zero-order valence-corrected chi connectivity index (χ0v) is 40.2. The number of hydrogen-bond donors (Lipinski definition) is 0. The fraction of sp³-hybridized carbons (Fsp3) is 0.0143. The lowest BCUT2D eigenvalue weighted by atomic mass is 9.66. The third kappa shape index (κ3) is 7.10. The first-order chi connectivity index (χ1) is 36.7. The Morgan fingerprint density at radius 2 is 0.689 bits per heavy atom. The predicted octanol–water partition coefficient (Wildman–Crippen LogP) is 17.8. The molecule has 11 aromatic carbocycles. The second kappa shape index (κ2) is 17.8. The summed E-state index contributed by atoms with van der Waals surface area (Å²) in [5.74, 6) is 1.74. The van der Waals surface area contributed by atoms with Crippen LogP contribution in [0, 0.1) is 0 Å². The summed E-state index contributed by atoms with van der Waals surface area (Å²) in [6.07, 6.45) is 0. The summed E-state index contributed by atoms with van der Waals surface area (Å²) in [6, 6.07) is 97.0. The van der Waals surface area contributed by atoms with E-state index in [1.165, 1.54) is 38.9 Å². The second-order valence-corrected chi connectivity index (χ2v) is 19.0. The van der Waals surface area contributed by atoms with Crippen molar-refractivity contribution >= 4 is 21.9 Å². The van der Waals surface area contributed by atoms with Gasteiger partial charge in [-0.05, 0) is 114 Å². The summed E-state index contributed by atoms with van der Waals surface area (Å²) in [6.45, 7) is 0. The highest BCUT2D eigenvalue weighted by atomic mass is 16.3. The molecule has 0 radical (unpaired) electrons. The molecule has 0 N–H and O–H groups in total. The molecule has 0 saturated carbocycles. The molecular weight excluding hydrogens is 899 g/mol. The molecule has 1 aliphatic carbocycles. The largest absolute Gasteiger partial charge is 0.456 e. The van der Waals surface area contributed by atoms with Crippen LogP contribution in [-0.4, -0.2) is 15.0 Å². The van der Waals surface area contributed by atoms with E-state index in [9.17, 15) is 0 Å². The Kier molecular flexibility index (Phi) is 10.4. The fourth-order valence-corrected chi connectivity index (χ4v) is 11.5. The van der Waals surface area contributed by atoms with Gasteiger partial charge in [-0.3, -0.25) is 0 Å². The number of furan rings is 1.